The molecule has 0 atom stereocenters. The lowest BCUT2D eigenvalue weighted by Crippen LogP contribution is -2.24. The molecule has 0 amide bonds. The van der Waals surface area contributed by atoms with Crippen LogP contribution in [0.3, 0.4) is 0 Å². The van der Waals surface area contributed by atoms with Gasteiger partial charge >= 0.3 is 0 Å². The van der Waals surface area contributed by atoms with Crippen LogP contribution in [0.4, 0.5) is 4.39 Å². The monoisotopic (exact) mass is 184 g/mol. The highest BCUT2D eigenvalue weighted by Gasteiger charge is 1.99. The van der Waals surface area contributed by atoms with Crippen molar-refractivity contribution in [2.24, 2.45) is 5.84 Å². The van der Waals surface area contributed by atoms with Gasteiger partial charge in [0, 0.05) is 6.54 Å². The molecule has 4 heteroatoms. The van der Waals surface area contributed by atoms with Crippen LogP contribution in [-0.4, -0.2) is 13.2 Å². The van der Waals surface area contributed by atoms with Crippen LogP contribution in [0.15, 0.2) is 24.3 Å². The maximum Gasteiger partial charge on any atom is 0.165 e. The highest BCUT2D eigenvalue weighted by molar-refractivity contribution is 5.23. The lowest BCUT2D eigenvalue weighted by atomic mass is 10.3. The number of benzene rings is 1. The van der Waals surface area contributed by atoms with E-state index in [9.17, 15) is 4.39 Å². The first-order chi connectivity index (χ1) is 6.34. The number of nitrogens with two attached hydrogens (primary N) is 1. The normalized spacial score (nSPS) is 10.0. The summed E-state index contributed by atoms with van der Waals surface area (Å²) in [6, 6.07) is 6.34. The number of nitrogens with one attached hydrogen (secondary N) is 1. The van der Waals surface area contributed by atoms with Gasteiger partial charge in [-0.1, -0.05) is 12.1 Å². The SMILES string of the molecule is NNCCCOc1ccccc1F. The summed E-state index contributed by atoms with van der Waals surface area (Å²) in [6.07, 6.45) is 0.755. The predicted octanol–water partition coefficient (Wildman–Crippen LogP) is 1.06. The van der Waals surface area contributed by atoms with Crippen molar-refractivity contribution in [3.05, 3.63) is 30.1 Å². The Morgan fingerprint density at radius 2 is 2.15 bits per heavy atom. The fraction of sp³-hybridized carbons (Fsp3) is 0.333. The van der Waals surface area contributed by atoms with Crippen LogP contribution in [0.25, 0.3) is 0 Å². The van der Waals surface area contributed by atoms with E-state index in [1.165, 1.54) is 6.07 Å². The van der Waals surface area contributed by atoms with Crippen molar-refractivity contribution in [1.29, 1.82) is 0 Å². The molecule has 72 valence electrons. The van der Waals surface area contributed by atoms with Gasteiger partial charge in [0.1, 0.15) is 0 Å². The summed E-state index contributed by atoms with van der Waals surface area (Å²) < 4.78 is 18.1. The second-order valence-corrected chi connectivity index (χ2v) is 2.59. The molecule has 0 heterocycles. The number of para-hydroxylation sites is 1. The topological polar surface area (TPSA) is 47.3 Å². The molecule has 3 nitrogen and oxygen atoms in total. The molecule has 3 N–H and O–H groups in total. The molecular weight excluding hydrogens is 171 g/mol. The van der Waals surface area contributed by atoms with E-state index in [4.69, 9.17) is 10.6 Å². The van der Waals surface area contributed by atoms with Crippen molar-refractivity contribution in [3.8, 4) is 5.75 Å². The van der Waals surface area contributed by atoms with Crippen LogP contribution < -0.4 is 16.0 Å². The highest BCUT2D eigenvalue weighted by atomic mass is 19.1. The minimum absolute atomic E-state index is 0.291. The van der Waals surface area contributed by atoms with Crippen LogP contribution in [0.2, 0.25) is 0 Å². The van der Waals surface area contributed by atoms with Gasteiger partial charge in [0.05, 0.1) is 6.61 Å². The van der Waals surface area contributed by atoms with E-state index >= 15 is 0 Å². The van der Waals surface area contributed by atoms with Crippen molar-refractivity contribution >= 4 is 0 Å². The summed E-state index contributed by atoms with van der Waals surface area (Å²) in [6.45, 7) is 1.12. The third-order valence-corrected chi connectivity index (χ3v) is 1.56. The Kier molecular flexibility index (Phi) is 4.21. The quantitative estimate of drug-likeness (QED) is 0.408. The maximum absolute atomic E-state index is 12.9. The van der Waals surface area contributed by atoms with Gasteiger partial charge in [0.15, 0.2) is 11.6 Å². The molecule has 1 rings (SSSR count). The zero-order valence-electron chi connectivity index (χ0n) is 7.29. The minimum Gasteiger partial charge on any atom is -0.490 e. The van der Waals surface area contributed by atoms with Gasteiger partial charge in [-0.2, -0.15) is 0 Å². The molecule has 0 bridgehead atoms. The summed E-state index contributed by atoms with van der Waals surface area (Å²) in [5, 5.41) is 0. The van der Waals surface area contributed by atoms with E-state index in [1.807, 2.05) is 0 Å². The molecule has 0 radical (unpaired) electrons. The molecule has 0 aromatic heterocycles. The van der Waals surface area contributed by atoms with E-state index in [0.717, 1.165) is 6.42 Å². The summed E-state index contributed by atoms with van der Waals surface area (Å²) in [7, 11) is 0. The standard InChI is InChI=1S/C9H13FN2O/c10-8-4-1-2-5-9(8)13-7-3-6-12-11/h1-2,4-5,12H,3,6-7,11H2. The van der Waals surface area contributed by atoms with Gasteiger partial charge < -0.3 is 4.74 Å². The molecule has 0 aliphatic heterocycles. The maximum atomic E-state index is 12.9. The lowest BCUT2D eigenvalue weighted by molar-refractivity contribution is 0.293. The fourth-order valence-electron chi connectivity index (χ4n) is 0.918. The van der Waals surface area contributed by atoms with Crippen LogP contribution in [0.5, 0.6) is 5.75 Å². The Balaban J connectivity index is 2.32. The van der Waals surface area contributed by atoms with Gasteiger partial charge in [0.25, 0.3) is 0 Å². The number of halogens is 1. The molecule has 1 aromatic carbocycles. The summed E-state index contributed by atoms with van der Waals surface area (Å²) in [5.74, 6) is 5.02. The summed E-state index contributed by atoms with van der Waals surface area (Å²) in [4.78, 5) is 0. The van der Waals surface area contributed by atoms with Gasteiger partial charge in [-0.05, 0) is 18.6 Å². The number of hydrogen-bond acceptors (Lipinski definition) is 3. The second kappa shape index (κ2) is 5.50. The fourth-order valence-corrected chi connectivity index (χ4v) is 0.918. The van der Waals surface area contributed by atoms with Crippen LogP contribution in [0.1, 0.15) is 6.42 Å². The molecular formula is C9H13FN2O. The number of ether oxygens (including phenoxy) is 1. The lowest BCUT2D eigenvalue weighted by Gasteiger charge is -2.05. The summed E-state index contributed by atoms with van der Waals surface area (Å²) >= 11 is 0. The molecule has 0 aliphatic rings. The average molecular weight is 184 g/mol. The predicted molar refractivity (Wildman–Crippen MR) is 48.7 cm³/mol. The van der Waals surface area contributed by atoms with E-state index in [-0.39, 0.29) is 5.82 Å². The average Bonchev–Trinajstić information content (AvgIpc) is 2.15. The first-order valence-corrected chi connectivity index (χ1v) is 4.15. The zero-order chi connectivity index (χ0) is 9.52. The Morgan fingerprint density at radius 3 is 2.85 bits per heavy atom. The van der Waals surface area contributed by atoms with Crippen molar-refractivity contribution in [1.82, 2.24) is 5.43 Å². The largest absolute Gasteiger partial charge is 0.490 e. The van der Waals surface area contributed by atoms with Gasteiger partial charge in [0.2, 0.25) is 0 Å². The van der Waals surface area contributed by atoms with Gasteiger partial charge in [-0.3, -0.25) is 11.3 Å². The van der Waals surface area contributed by atoms with Crippen LogP contribution in [-0.2, 0) is 0 Å². The molecule has 0 saturated heterocycles. The van der Waals surface area contributed by atoms with Crippen molar-refractivity contribution in [3.63, 3.8) is 0 Å². The summed E-state index contributed by atoms with van der Waals surface area (Å²) in [5.41, 5.74) is 2.49. The third kappa shape index (κ3) is 3.40. The Hall–Kier alpha value is -1.13. The first-order valence-electron chi connectivity index (χ1n) is 4.15. The zero-order valence-corrected chi connectivity index (χ0v) is 7.29. The first kappa shape index (κ1) is 9.95. The Morgan fingerprint density at radius 1 is 1.38 bits per heavy atom. The van der Waals surface area contributed by atoms with Crippen molar-refractivity contribution < 1.29 is 9.13 Å². The molecule has 0 spiro atoms. The number of hydrazine groups is 1. The third-order valence-electron chi connectivity index (χ3n) is 1.56. The number of rotatable bonds is 5. The Bertz CT molecular complexity index is 255. The molecule has 13 heavy (non-hydrogen) atoms. The smallest absolute Gasteiger partial charge is 0.165 e. The number of hydrogen-bond donors (Lipinski definition) is 2. The van der Waals surface area contributed by atoms with E-state index < -0.39 is 0 Å². The van der Waals surface area contributed by atoms with E-state index in [2.05, 4.69) is 5.43 Å². The molecule has 0 saturated carbocycles. The van der Waals surface area contributed by atoms with E-state index in [0.29, 0.717) is 18.9 Å². The molecule has 0 aliphatic carbocycles. The molecule has 1 aromatic rings. The van der Waals surface area contributed by atoms with Crippen molar-refractivity contribution in [2.75, 3.05) is 13.2 Å². The molecule has 0 fully saturated rings. The van der Waals surface area contributed by atoms with Crippen molar-refractivity contribution in [2.45, 2.75) is 6.42 Å². The van der Waals surface area contributed by atoms with Gasteiger partial charge in [-0.15, -0.1) is 0 Å². The molecule has 0 unspecified atom stereocenters. The van der Waals surface area contributed by atoms with Crippen LogP contribution >= 0.6 is 0 Å². The Labute approximate surface area is 76.7 Å². The second-order valence-electron chi connectivity index (χ2n) is 2.59. The van der Waals surface area contributed by atoms with E-state index in [1.54, 1.807) is 18.2 Å². The minimum atomic E-state index is -0.330. The highest BCUT2D eigenvalue weighted by Crippen LogP contribution is 2.15. The van der Waals surface area contributed by atoms with Crippen LogP contribution in [0, 0.1) is 5.82 Å². The van der Waals surface area contributed by atoms with Gasteiger partial charge in [-0.25, -0.2) is 4.39 Å².